The number of carboxylic acid groups (broad SMARTS) is 1. The molecular formula is C11H12N4O2. The van der Waals surface area contributed by atoms with Crippen LogP contribution in [-0.4, -0.2) is 33.6 Å². The molecule has 0 amide bonds. The third kappa shape index (κ3) is 2.91. The smallest absolute Gasteiger partial charge is 0.305 e. The molecule has 6 heteroatoms. The third-order valence-electron chi connectivity index (χ3n) is 2.60. The summed E-state index contributed by atoms with van der Waals surface area (Å²) in [5.74, 6) is -0.176. The van der Waals surface area contributed by atoms with Crippen molar-refractivity contribution in [3.05, 3.63) is 18.1 Å². The van der Waals surface area contributed by atoms with Crippen molar-refractivity contribution in [3.63, 3.8) is 0 Å². The van der Waals surface area contributed by atoms with Gasteiger partial charge >= 0.3 is 5.97 Å². The average Bonchev–Trinajstić information content (AvgIpc) is 3.14. The topological polar surface area (TPSA) is 90.1 Å². The van der Waals surface area contributed by atoms with Gasteiger partial charge in [0, 0.05) is 12.6 Å². The normalized spacial score (nSPS) is 14.1. The molecule has 1 heterocycles. The largest absolute Gasteiger partial charge is 0.481 e. The van der Waals surface area contributed by atoms with Crippen LogP contribution in [0.5, 0.6) is 0 Å². The van der Waals surface area contributed by atoms with Crippen LogP contribution in [0.25, 0.3) is 0 Å². The fourth-order valence-corrected chi connectivity index (χ4v) is 1.61. The van der Waals surface area contributed by atoms with Crippen molar-refractivity contribution in [2.45, 2.75) is 25.3 Å². The van der Waals surface area contributed by atoms with E-state index in [0.717, 1.165) is 12.8 Å². The molecule has 1 N–H and O–H groups in total. The molecular weight excluding hydrogens is 220 g/mol. The summed E-state index contributed by atoms with van der Waals surface area (Å²) >= 11 is 0. The van der Waals surface area contributed by atoms with Crippen molar-refractivity contribution >= 4 is 11.8 Å². The van der Waals surface area contributed by atoms with E-state index in [1.807, 2.05) is 11.0 Å². The van der Waals surface area contributed by atoms with E-state index in [0.29, 0.717) is 18.4 Å². The second-order valence-corrected chi connectivity index (χ2v) is 3.94. The molecule has 1 aromatic rings. The van der Waals surface area contributed by atoms with Gasteiger partial charge in [0.2, 0.25) is 0 Å². The van der Waals surface area contributed by atoms with E-state index in [1.165, 1.54) is 12.4 Å². The first-order chi connectivity index (χ1) is 8.20. The molecule has 1 aromatic heterocycles. The van der Waals surface area contributed by atoms with Gasteiger partial charge in [-0.2, -0.15) is 5.26 Å². The summed E-state index contributed by atoms with van der Waals surface area (Å²) in [7, 11) is 0. The second-order valence-electron chi connectivity index (χ2n) is 3.94. The standard InChI is InChI=1S/C11H12N4O2/c12-5-8-6-14-10(7-13-8)15(9-1-2-9)4-3-11(16)17/h6-7,9H,1-4H2,(H,16,17). The number of hydrogen-bond donors (Lipinski definition) is 1. The Hall–Kier alpha value is -2.16. The maximum atomic E-state index is 10.6. The quantitative estimate of drug-likeness (QED) is 0.807. The molecule has 0 aromatic carbocycles. The first-order valence-electron chi connectivity index (χ1n) is 5.41. The zero-order chi connectivity index (χ0) is 12.3. The minimum atomic E-state index is -0.822. The molecule has 1 aliphatic carbocycles. The van der Waals surface area contributed by atoms with Crippen molar-refractivity contribution in [2.75, 3.05) is 11.4 Å². The zero-order valence-electron chi connectivity index (χ0n) is 9.20. The van der Waals surface area contributed by atoms with Crippen LogP contribution in [0.3, 0.4) is 0 Å². The lowest BCUT2D eigenvalue weighted by Gasteiger charge is -2.21. The van der Waals surface area contributed by atoms with E-state index >= 15 is 0 Å². The monoisotopic (exact) mass is 232 g/mol. The van der Waals surface area contributed by atoms with Gasteiger partial charge in [-0.25, -0.2) is 9.97 Å². The highest BCUT2D eigenvalue weighted by atomic mass is 16.4. The number of nitriles is 1. The number of carboxylic acids is 1. The van der Waals surface area contributed by atoms with Crippen LogP contribution in [0, 0.1) is 11.3 Å². The summed E-state index contributed by atoms with van der Waals surface area (Å²) in [5, 5.41) is 17.3. The molecule has 1 fully saturated rings. The molecule has 88 valence electrons. The summed E-state index contributed by atoms with van der Waals surface area (Å²) in [6.45, 7) is 0.431. The highest BCUT2D eigenvalue weighted by Gasteiger charge is 2.30. The minimum Gasteiger partial charge on any atom is -0.481 e. The van der Waals surface area contributed by atoms with Crippen LogP contribution in [0.4, 0.5) is 5.82 Å². The molecule has 1 saturated carbocycles. The fourth-order valence-electron chi connectivity index (χ4n) is 1.61. The number of anilines is 1. The lowest BCUT2D eigenvalue weighted by Crippen LogP contribution is -2.29. The summed E-state index contributed by atoms with van der Waals surface area (Å²) in [4.78, 5) is 20.6. The number of rotatable bonds is 5. The summed E-state index contributed by atoms with van der Waals surface area (Å²) in [6, 6.07) is 2.27. The maximum Gasteiger partial charge on any atom is 0.305 e. The van der Waals surface area contributed by atoms with Crippen molar-refractivity contribution in [3.8, 4) is 6.07 Å². The van der Waals surface area contributed by atoms with Crippen LogP contribution < -0.4 is 4.90 Å². The van der Waals surface area contributed by atoms with Gasteiger partial charge in [0.15, 0.2) is 5.69 Å². The number of hydrogen-bond acceptors (Lipinski definition) is 5. The van der Waals surface area contributed by atoms with Gasteiger partial charge in [0.05, 0.1) is 18.8 Å². The first kappa shape index (κ1) is 11.3. The number of nitrogens with zero attached hydrogens (tertiary/aromatic N) is 4. The summed E-state index contributed by atoms with van der Waals surface area (Å²) in [6.07, 6.45) is 5.13. The van der Waals surface area contributed by atoms with Crippen LogP contribution in [-0.2, 0) is 4.79 Å². The summed E-state index contributed by atoms with van der Waals surface area (Å²) < 4.78 is 0. The van der Waals surface area contributed by atoms with Crippen molar-refractivity contribution < 1.29 is 9.90 Å². The van der Waals surface area contributed by atoms with E-state index in [1.54, 1.807) is 0 Å². The molecule has 2 rings (SSSR count). The molecule has 0 saturated heterocycles. The SMILES string of the molecule is N#Cc1cnc(N(CCC(=O)O)C2CC2)cn1. The van der Waals surface area contributed by atoms with Gasteiger partial charge in [0.1, 0.15) is 11.9 Å². The first-order valence-corrected chi connectivity index (χ1v) is 5.41. The molecule has 0 unspecified atom stereocenters. The predicted molar refractivity (Wildman–Crippen MR) is 59.4 cm³/mol. The Morgan fingerprint density at radius 3 is 2.76 bits per heavy atom. The van der Waals surface area contributed by atoms with E-state index in [-0.39, 0.29) is 12.1 Å². The van der Waals surface area contributed by atoms with Crippen LogP contribution in [0.1, 0.15) is 25.0 Å². The lowest BCUT2D eigenvalue weighted by atomic mass is 10.3. The van der Waals surface area contributed by atoms with Crippen molar-refractivity contribution in [1.82, 2.24) is 9.97 Å². The molecule has 0 bridgehead atoms. The zero-order valence-corrected chi connectivity index (χ0v) is 9.20. The molecule has 0 atom stereocenters. The molecule has 6 nitrogen and oxygen atoms in total. The molecule has 1 aliphatic rings. The Morgan fingerprint density at radius 2 is 2.29 bits per heavy atom. The second kappa shape index (κ2) is 4.78. The molecule has 0 aliphatic heterocycles. The van der Waals surface area contributed by atoms with Gasteiger partial charge < -0.3 is 10.0 Å². The van der Waals surface area contributed by atoms with Crippen LogP contribution in [0.15, 0.2) is 12.4 Å². The Kier molecular flexibility index (Phi) is 3.19. The maximum absolute atomic E-state index is 10.6. The van der Waals surface area contributed by atoms with Crippen molar-refractivity contribution in [2.24, 2.45) is 0 Å². The van der Waals surface area contributed by atoms with Crippen LogP contribution in [0.2, 0.25) is 0 Å². The van der Waals surface area contributed by atoms with Gasteiger partial charge in [-0.15, -0.1) is 0 Å². The van der Waals surface area contributed by atoms with Crippen LogP contribution >= 0.6 is 0 Å². The molecule has 0 spiro atoms. The highest BCUT2D eigenvalue weighted by Crippen LogP contribution is 2.30. The summed E-state index contributed by atoms with van der Waals surface area (Å²) in [5.41, 5.74) is 0.266. The van der Waals surface area contributed by atoms with Gasteiger partial charge in [-0.1, -0.05) is 0 Å². The van der Waals surface area contributed by atoms with Crippen molar-refractivity contribution in [1.29, 1.82) is 5.26 Å². The fraction of sp³-hybridized carbons (Fsp3) is 0.455. The number of aromatic nitrogens is 2. The van der Waals surface area contributed by atoms with E-state index in [4.69, 9.17) is 10.4 Å². The van der Waals surface area contributed by atoms with E-state index < -0.39 is 5.97 Å². The van der Waals surface area contributed by atoms with E-state index in [2.05, 4.69) is 9.97 Å². The predicted octanol–water partition coefficient (Wildman–Crippen LogP) is 0.792. The minimum absolute atomic E-state index is 0.0815. The lowest BCUT2D eigenvalue weighted by molar-refractivity contribution is -0.136. The third-order valence-corrected chi connectivity index (χ3v) is 2.60. The average molecular weight is 232 g/mol. The molecule has 0 radical (unpaired) electrons. The van der Waals surface area contributed by atoms with Gasteiger partial charge in [-0.3, -0.25) is 4.79 Å². The Labute approximate surface area is 98.5 Å². The van der Waals surface area contributed by atoms with E-state index in [9.17, 15) is 4.79 Å². The Balaban J connectivity index is 2.09. The van der Waals surface area contributed by atoms with Gasteiger partial charge in [0.25, 0.3) is 0 Å². The molecule has 17 heavy (non-hydrogen) atoms. The highest BCUT2D eigenvalue weighted by molar-refractivity contribution is 5.67. The Bertz CT molecular complexity index is 448. The number of carbonyl (C=O) groups is 1. The van der Waals surface area contributed by atoms with Gasteiger partial charge in [-0.05, 0) is 12.8 Å². The Morgan fingerprint density at radius 1 is 1.53 bits per heavy atom. The number of aliphatic carboxylic acids is 1.